The Morgan fingerprint density at radius 2 is 2.08 bits per heavy atom. The van der Waals surface area contributed by atoms with Gasteiger partial charge in [0.05, 0.1) is 12.1 Å². The monoisotopic (exact) mass is 365 g/mol. The van der Waals surface area contributed by atoms with Crippen molar-refractivity contribution >= 4 is 18.2 Å². The molecule has 4 N–H and O–H groups in total. The molecule has 0 spiro atoms. The number of aryl methyl sites for hydroxylation is 1. The Morgan fingerprint density at radius 1 is 1.46 bits per heavy atom. The lowest BCUT2D eigenvalue weighted by molar-refractivity contribution is -0.123. The Kier molecular flexibility index (Phi) is 9.07. The molecule has 26 heavy (non-hydrogen) atoms. The second-order valence-electron chi connectivity index (χ2n) is 6.19. The zero-order valence-corrected chi connectivity index (χ0v) is 15.6. The maximum Gasteiger partial charge on any atom is 0.290 e. The molecule has 1 aliphatic rings. The largest absolute Gasteiger partial charge is 0.483 e. The maximum absolute atomic E-state index is 11.7. The van der Waals surface area contributed by atoms with E-state index < -0.39 is 0 Å². The smallest absolute Gasteiger partial charge is 0.290 e. The van der Waals surface area contributed by atoms with Crippen molar-refractivity contribution in [2.75, 3.05) is 12.4 Å². The number of amides is 1. The predicted molar refractivity (Wildman–Crippen MR) is 97.0 cm³/mol. The highest BCUT2D eigenvalue weighted by atomic mass is 16.5. The second-order valence-corrected chi connectivity index (χ2v) is 6.19. The molecule has 0 aromatic carbocycles. The molecule has 144 valence electrons. The molecule has 0 radical (unpaired) electrons. The Hall–Kier alpha value is -2.68. The topological polar surface area (TPSA) is 133 Å². The molecule has 1 fully saturated rings. The average Bonchev–Trinajstić information content (AvgIpc) is 3.21. The SMILES string of the molecule is CNC(C)C.Cc1cc(CC(=O)Nc2cc(C3CC3)[nH]n2)on1.O=CO. The summed E-state index contributed by atoms with van der Waals surface area (Å²) in [6.07, 6.45) is 2.58. The average molecular weight is 365 g/mol. The highest BCUT2D eigenvalue weighted by Gasteiger charge is 2.25. The molecule has 1 aliphatic carbocycles. The number of anilines is 1. The van der Waals surface area contributed by atoms with E-state index in [-0.39, 0.29) is 18.8 Å². The van der Waals surface area contributed by atoms with Crippen LogP contribution in [0.3, 0.4) is 0 Å². The number of aromatic amines is 1. The van der Waals surface area contributed by atoms with Gasteiger partial charge in [0, 0.05) is 29.8 Å². The Balaban J connectivity index is 0.000000361. The molecule has 0 aliphatic heterocycles. The first-order chi connectivity index (χ1) is 12.4. The molecule has 2 aromatic heterocycles. The molecule has 9 nitrogen and oxygen atoms in total. The van der Waals surface area contributed by atoms with Crippen LogP contribution in [0.1, 0.15) is 49.8 Å². The van der Waals surface area contributed by atoms with Crippen LogP contribution in [-0.4, -0.2) is 45.9 Å². The number of hydrogen-bond acceptors (Lipinski definition) is 6. The van der Waals surface area contributed by atoms with Crippen LogP contribution in [0.15, 0.2) is 16.7 Å². The van der Waals surface area contributed by atoms with Crippen LogP contribution in [0, 0.1) is 6.92 Å². The number of H-pyrrole nitrogens is 1. The first kappa shape index (κ1) is 21.4. The highest BCUT2D eigenvalue weighted by Crippen LogP contribution is 2.39. The van der Waals surface area contributed by atoms with E-state index in [0.29, 0.717) is 23.5 Å². The van der Waals surface area contributed by atoms with Crippen molar-refractivity contribution in [2.24, 2.45) is 0 Å². The Labute approximate surface area is 152 Å². The summed E-state index contributed by atoms with van der Waals surface area (Å²) in [7, 11) is 1.95. The number of rotatable bonds is 5. The van der Waals surface area contributed by atoms with E-state index in [1.165, 1.54) is 12.8 Å². The van der Waals surface area contributed by atoms with Crippen molar-refractivity contribution in [3.05, 3.63) is 29.3 Å². The van der Waals surface area contributed by atoms with Crippen molar-refractivity contribution in [3.8, 4) is 0 Å². The van der Waals surface area contributed by atoms with Gasteiger partial charge in [0.15, 0.2) is 5.82 Å². The van der Waals surface area contributed by atoms with E-state index in [1.54, 1.807) is 6.07 Å². The number of aromatic nitrogens is 3. The molecule has 0 unspecified atom stereocenters. The zero-order chi connectivity index (χ0) is 19.5. The number of hydrogen-bond donors (Lipinski definition) is 4. The van der Waals surface area contributed by atoms with Gasteiger partial charge in [-0.3, -0.25) is 14.7 Å². The van der Waals surface area contributed by atoms with Gasteiger partial charge >= 0.3 is 0 Å². The van der Waals surface area contributed by atoms with E-state index in [9.17, 15) is 4.79 Å². The van der Waals surface area contributed by atoms with Gasteiger partial charge in [0.1, 0.15) is 5.76 Å². The van der Waals surface area contributed by atoms with Gasteiger partial charge in [-0.1, -0.05) is 19.0 Å². The van der Waals surface area contributed by atoms with Crippen LogP contribution in [0.25, 0.3) is 0 Å². The van der Waals surface area contributed by atoms with E-state index in [2.05, 4.69) is 39.8 Å². The highest BCUT2D eigenvalue weighted by molar-refractivity contribution is 5.91. The number of carbonyl (C=O) groups excluding carboxylic acids is 1. The normalized spacial score (nSPS) is 12.5. The molecule has 0 atom stereocenters. The lowest BCUT2D eigenvalue weighted by atomic mass is 10.3. The van der Waals surface area contributed by atoms with Gasteiger partial charge < -0.3 is 20.3 Å². The van der Waals surface area contributed by atoms with E-state index in [4.69, 9.17) is 14.4 Å². The molecule has 1 saturated carbocycles. The minimum absolute atomic E-state index is 0.153. The fourth-order valence-corrected chi connectivity index (χ4v) is 1.85. The Morgan fingerprint density at radius 3 is 2.54 bits per heavy atom. The van der Waals surface area contributed by atoms with Crippen LogP contribution < -0.4 is 10.6 Å². The summed E-state index contributed by atoms with van der Waals surface area (Å²) in [5, 5.41) is 23.4. The zero-order valence-electron chi connectivity index (χ0n) is 15.6. The molecular formula is C17H27N5O4. The van der Waals surface area contributed by atoms with Crippen molar-refractivity contribution in [2.45, 2.75) is 52.0 Å². The van der Waals surface area contributed by atoms with E-state index in [1.807, 2.05) is 20.0 Å². The quantitative estimate of drug-likeness (QED) is 0.596. The summed E-state index contributed by atoms with van der Waals surface area (Å²) in [5.74, 6) is 1.57. The van der Waals surface area contributed by atoms with Gasteiger partial charge in [-0.15, -0.1) is 0 Å². The lowest BCUT2D eigenvalue weighted by Gasteiger charge is -1.97. The van der Waals surface area contributed by atoms with Crippen LogP contribution in [0.4, 0.5) is 5.82 Å². The van der Waals surface area contributed by atoms with Crippen molar-refractivity contribution in [3.63, 3.8) is 0 Å². The molecule has 9 heteroatoms. The van der Waals surface area contributed by atoms with Gasteiger partial charge in [-0.2, -0.15) is 5.10 Å². The number of nitrogens with zero attached hydrogens (tertiary/aromatic N) is 2. The summed E-state index contributed by atoms with van der Waals surface area (Å²) < 4.78 is 4.99. The van der Waals surface area contributed by atoms with Gasteiger partial charge in [-0.25, -0.2) is 0 Å². The molecular weight excluding hydrogens is 338 g/mol. The van der Waals surface area contributed by atoms with E-state index >= 15 is 0 Å². The first-order valence-corrected chi connectivity index (χ1v) is 8.42. The predicted octanol–water partition coefficient (Wildman–Crippen LogP) is 2.08. The van der Waals surface area contributed by atoms with Crippen molar-refractivity contribution in [1.29, 1.82) is 0 Å². The van der Waals surface area contributed by atoms with Crippen LogP contribution in [0.2, 0.25) is 0 Å². The van der Waals surface area contributed by atoms with Crippen molar-refractivity contribution < 1.29 is 19.2 Å². The van der Waals surface area contributed by atoms with Crippen LogP contribution >= 0.6 is 0 Å². The fraction of sp³-hybridized carbons (Fsp3) is 0.529. The second kappa shape index (κ2) is 11.0. The minimum Gasteiger partial charge on any atom is -0.483 e. The number of carboxylic acid groups (broad SMARTS) is 1. The molecule has 2 heterocycles. The standard InChI is InChI=1S/C12H14N4O2.C4H11N.CH2O2/c1-7-4-9(18-16-7)5-12(17)13-11-6-10(14-15-11)8-2-3-8;1-4(2)5-3;2-1-3/h4,6,8H,2-3,5H2,1H3,(H2,13,14,15,17);4-5H,1-3H3;1H,(H,2,3). The molecule has 2 aromatic rings. The maximum atomic E-state index is 11.7. The third kappa shape index (κ3) is 8.43. The van der Waals surface area contributed by atoms with Gasteiger partial charge in [0.25, 0.3) is 6.47 Å². The van der Waals surface area contributed by atoms with Gasteiger partial charge in [0.2, 0.25) is 5.91 Å². The minimum atomic E-state index is -0.250. The fourth-order valence-electron chi connectivity index (χ4n) is 1.85. The first-order valence-electron chi connectivity index (χ1n) is 8.42. The molecule has 0 bridgehead atoms. The molecule has 1 amide bonds. The third-order valence-electron chi connectivity index (χ3n) is 3.47. The van der Waals surface area contributed by atoms with Crippen LogP contribution in [0.5, 0.6) is 0 Å². The van der Waals surface area contributed by atoms with Gasteiger partial charge in [-0.05, 0) is 26.8 Å². The number of carbonyl (C=O) groups is 2. The summed E-state index contributed by atoms with van der Waals surface area (Å²) in [6, 6.07) is 4.27. The molecule has 0 saturated heterocycles. The summed E-state index contributed by atoms with van der Waals surface area (Å²) in [6.45, 7) is 5.79. The Bertz CT molecular complexity index is 676. The molecule has 3 rings (SSSR count). The van der Waals surface area contributed by atoms with Crippen LogP contribution in [-0.2, 0) is 16.0 Å². The van der Waals surface area contributed by atoms with Crippen molar-refractivity contribution in [1.82, 2.24) is 20.7 Å². The summed E-state index contributed by atoms with van der Waals surface area (Å²) >= 11 is 0. The third-order valence-corrected chi connectivity index (χ3v) is 3.47. The van der Waals surface area contributed by atoms with E-state index in [0.717, 1.165) is 11.4 Å². The number of nitrogens with one attached hydrogen (secondary N) is 3. The summed E-state index contributed by atoms with van der Waals surface area (Å²) in [5.41, 5.74) is 1.87. The lowest BCUT2D eigenvalue weighted by Crippen LogP contribution is -2.15. The summed E-state index contributed by atoms with van der Waals surface area (Å²) in [4.78, 5) is 20.1.